The van der Waals surface area contributed by atoms with Crippen molar-refractivity contribution < 1.29 is 5.32 Å². The van der Waals surface area contributed by atoms with Crippen LogP contribution in [0.15, 0.2) is 0 Å². The first-order chi connectivity index (χ1) is 4.60. The van der Waals surface area contributed by atoms with Gasteiger partial charge in [-0.2, -0.15) is 0 Å². The highest BCUT2D eigenvalue weighted by Gasteiger charge is 2.24. The summed E-state index contributed by atoms with van der Waals surface area (Å²) in [5.41, 5.74) is 0.306. The van der Waals surface area contributed by atoms with E-state index < -0.39 is 0 Å². The van der Waals surface area contributed by atoms with Gasteiger partial charge in [-0.25, -0.2) is 0 Å². The van der Waals surface area contributed by atoms with Gasteiger partial charge in [-0.3, -0.25) is 0 Å². The largest absolute Gasteiger partial charge is 0.374 e. The van der Waals surface area contributed by atoms with E-state index in [1.165, 1.54) is 0 Å². The second kappa shape index (κ2) is 2.84. The summed E-state index contributed by atoms with van der Waals surface area (Å²) >= 11 is 5.11. The molecule has 0 bridgehead atoms. The van der Waals surface area contributed by atoms with Crippen molar-refractivity contribution in [3.05, 3.63) is 0 Å². The maximum absolute atomic E-state index is 5.11. The van der Waals surface area contributed by atoms with Crippen LogP contribution < -0.4 is 10.6 Å². The molecule has 0 saturated carbocycles. The van der Waals surface area contributed by atoms with Gasteiger partial charge in [-0.15, -0.1) is 0 Å². The number of nitrogens with two attached hydrogens (primary N) is 1. The molecule has 1 fully saturated rings. The fourth-order valence-electron chi connectivity index (χ4n) is 1.22. The maximum Gasteiger partial charge on any atom is 0.0968 e. The zero-order valence-corrected chi connectivity index (χ0v) is 7.42. The topological polar surface area (TPSA) is 28.6 Å². The van der Waals surface area contributed by atoms with Crippen LogP contribution in [0.1, 0.15) is 20.3 Å². The fourth-order valence-corrected chi connectivity index (χ4v) is 1.70. The monoisotopic (exact) mass is 159 g/mol. The van der Waals surface area contributed by atoms with Gasteiger partial charge in [0.25, 0.3) is 0 Å². The minimum absolute atomic E-state index is 0.306. The third-order valence-electron chi connectivity index (χ3n) is 1.78. The molecule has 1 saturated heterocycles. The Morgan fingerprint density at radius 2 is 2.30 bits per heavy atom. The van der Waals surface area contributed by atoms with Gasteiger partial charge >= 0.3 is 0 Å². The SMILES string of the molecule is CC1(C)CC(=S)NCC[NH2+]1. The minimum atomic E-state index is 0.306. The zero-order valence-electron chi connectivity index (χ0n) is 6.61. The summed E-state index contributed by atoms with van der Waals surface area (Å²) in [6, 6.07) is 0. The first-order valence-corrected chi connectivity index (χ1v) is 4.12. The number of hydrogen-bond donors (Lipinski definition) is 2. The molecule has 3 heteroatoms. The molecule has 0 aromatic carbocycles. The van der Waals surface area contributed by atoms with Gasteiger partial charge in [0.1, 0.15) is 0 Å². The Balaban J connectivity index is 2.54. The summed E-state index contributed by atoms with van der Waals surface area (Å²) in [4.78, 5) is 1.01. The molecule has 2 nitrogen and oxygen atoms in total. The van der Waals surface area contributed by atoms with Gasteiger partial charge in [-0.05, 0) is 13.8 Å². The predicted octanol–water partition coefficient (Wildman–Crippen LogP) is -0.351. The Morgan fingerprint density at radius 3 is 3.00 bits per heavy atom. The predicted molar refractivity (Wildman–Crippen MR) is 46.1 cm³/mol. The van der Waals surface area contributed by atoms with E-state index in [1.807, 2.05) is 0 Å². The number of quaternary nitrogens is 1. The Hall–Kier alpha value is -0.150. The van der Waals surface area contributed by atoms with Gasteiger partial charge in [0, 0.05) is 0 Å². The smallest absolute Gasteiger partial charge is 0.0968 e. The van der Waals surface area contributed by atoms with Gasteiger partial charge in [0.15, 0.2) is 0 Å². The van der Waals surface area contributed by atoms with Crippen molar-refractivity contribution in [1.29, 1.82) is 0 Å². The van der Waals surface area contributed by atoms with Crippen LogP contribution >= 0.6 is 12.2 Å². The molecule has 0 amide bonds. The summed E-state index contributed by atoms with van der Waals surface area (Å²) in [6.45, 7) is 6.61. The van der Waals surface area contributed by atoms with Crippen molar-refractivity contribution in [2.45, 2.75) is 25.8 Å². The Morgan fingerprint density at radius 1 is 1.60 bits per heavy atom. The van der Waals surface area contributed by atoms with E-state index in [-0.39, 0.29) is 0 Å². The van der Waals surface area contributed by atoms with Crippen LogP contribution in [-0.4, -0.2) is 23.6 Å². The van der Waals surface area contributed by atoms with Crippen LogP contribution in [-0.2, 0) is 0 Å². The lowest BCUT2D eigenvalue weighted by Crippen LogP contribution is -2.95. The molecule has 1 heterocycles. The van der Waals surface area contributed by atoms with E-state index >= 15 is 0 Å². The van der Waals surface area contributed by atoms with E-state index in [2.05, 4.69) is 24.5 Å². The normalized spacial score (nSPS) is 25.2. The summed E-state index contributed by atoms with van der Waals surface area (Å²) in [5.74, 6) is 0. The second-order valence-corrected chi connectivity index (χ2v) is 4.00. The average molecular weight is 159 g/mol. The molecule has 1 rings (SSSR count). The number of rotatable bonds is 0. The minimum Gasteiger partial charge on any atom is -0.374 e. The van der Waals surface area contributed by atoms with Crippen molar-refractivity contribution in [3.8, 4) is 0 Å². The van der Waals surface area contributed by atoms with E-state index in [0.717, 1.165) is 24.5 Å². The van der Waals surface area contributed by atoms with Crippen LogP contribution in [0.5, 0.6) is 0 Å². The molecule has 0 radical (unpaired) electrons. The van der Waals surface area contributed by atoms with Crippen molar-refractivity contribution in [3.63, 3.8) is 0 Å². The first kappa shape index (κ1) is 7.95. The molecule has 0 unspecified atom stereocenters. The van der Waals surface area contributed by atoms with Gasteiger partial charge in [0.2, 0.25) is 0 Å². The second-order valence-electron chi connectivity index (χ2n) is 3.51. The van der Waals surface area contributed by atoms with E-state index in [1.54, 1.807) is 0 Å². The number of thiocarbonyl (C=S) groups is 1. The molecular formula is C7H15N2S+. The van der Waals surface area contributed by atoms with Crippen molar-refractivity contribution in [2.24, 2.45) is 0 Å². The molecule has 0 aromatic heterocycles. The molecule has 1 aliphatic rings. The zero-order chi connectivity index (χ0) is 7.61. The quantitative estimate of drug-likeness (QED) is 0.473. The van der Waals surface area contributed by atoms with Crippen molar-refractivity contribution in [1.82, 2.24) is 5.32 Å². The molecule has 0 aliphatic carbocycles. The summed E-state index contributed by atoms with van der Waals surface area (Å²) in [7, 11) is 0. The number of hydrogen-bond acceptors (Lipinski definition) is 1. The molecule has 3 N–H and O–H groups in total. The highest BCUT2D eigenvalue weighted by Crippen LogP contribution is 2.03. The lowest BCUT2D eigenvalue weighted by atomic mass is 10.0. The fraction of sp³-hybridized carbons (Fsp3) is 0.857. The maximum atomic E-state index is 5.11. The van der Waals surface area contributed by atoms with Crippen molar-refractivity contribution >= 4 is 17.2 Å². The van der Waals surface area contributed by atoms with Crippen LogP contribution in [0.2, 0.25) is 0 Å². The third kappa shape index (κ3) is 2.23. The Kier molecular flexibility index (Phi) is 2.26. The molecular weight excluding hydrogens is 144 g/mol. The van der Waals surface area contributed by atoms with E-state index in [9.17, 15) is 0 Å². The van der Waals surface area contributed by atoms with Crippen LogP contribution in [0, 0.1) is 0 Å². The highest BCUT2D eigenvalue weighted by atomic mass is 32.1. The van der Waals surface area contributed by atoms with E-state index in [0.29, 0.717) is 5.54 Å². The first-order valence-electron chi connectivity index (χ1n) is 3.71. The average Bonchev–Trinajstić information content (AvgIpc) is 1.90. The van der Waals surface area contributed by atoms with Crippen molar-refractivity contribution in [2.75, 3.05) is 13.1 Å². The van der Waals surface area contributed by atoms with Crippen LogP contribution in [0.3, 0.4) is 0 Å². The summed E-state index contributed by atoms with van der Waals surface area (Å²) in [5, 5.41) is 5.55. The lowest BCUT2D eigenvalue weighted by molar-refractivity contribution is -0.716. The molecule has 0 aromatic rings. The van der Waals surface area contributed by atoms with Crippen LogP contribution in [0.4, 0.5) is 0 Å². The lowest BCUT2D eigenvalue weighted by Gasteiger charge is -2.18. The van der Waals surface area contributed by atoms with Crippen LogP contribution in [0.25, 0.3) is 0 Å². The summed E-state index contributed by atoms with van der Waals surface area (Å²) in [6.07, 6.45) is 1.00. The van der Waals surface area contributed by atoms with Gasteiger partial charge in [0.05, 0.1) is 30.0 Å². The van der Waals surface area contributed by atoms with E-state index in [4.69, 9.17) is 12.2 Å². The third-order valence-corrected chi connectivity index (χ3v) is 2.07. The highest BCUT2D eigenvalue weighted by molar-refractivity contribution is 7.80. The standard InChI is InChI=1S/C7H14N2S/c1-7(2)5-6(10)8-3-4-9-7/h9H,3-5H2,1-2H3,(H,8,10)/p+1. The molecule has 10 heavy (non-hydrogen) atoms. The molecule has 1 aliphatic heterocycles. The van der Waals surface area contributed by atoms with Gasteiger partial charge < -0.3 is 10.6 Å². The van der Waals surface area contributed by atoms with Gasteiger partial charge in [-0.1, -0.05) is 12.2 Å². The number of nitrogens with one attached hydrogen (secondary N) is 1. The molecule has 58 valence electrons. The molecule has 0 spiro atoms. The summed E-state index contributed by atoms with van der Waals surface area (Å²) < 4.78 is 0. The Labute approximate surface area is 67.4 Å². The molecule has 0 atom stereocenters. The Bertz CT molecular complexity index is 143.